The molecule has 0 bridgehead atoms. The summed E-state index contributed by atoms with van der Waals surface area (Å²) in [5, 5.41) is 5.84. The molecule has 0 saturated carbocycles. The minimum absolute atomic E-state index is 0.135. The number of anilines is 1. The van der Waals surface area contributed by atoms with Gasteiger partial charge >= 0.3 is 0 Å². The molecule has 108 valence electrons. The van der Waals surface area contributed by atoms with Crippen molar-refractivity contribution >= 4 is 33.3 Å². The van der Waals surface area contributed by atoms with E-state index in [9.17, 15) is 9.18 Å². The summed E-state index contributed by atoms with van der Waals surface area (Å²) in [6.45, 7) is 3.99. The number of carbonyl (C=O) groups excluding carboxylic acids is 1. The van der Waals surface area contributed by atoms with Crippen molar-refractivity contribution in [2.75, 3.05) is 5.32 Å². The first-order valence-electron chi connectivity index (χ1n) is 6.57. The molecule has 0 atom stereocenters. The maximum atomic E-state index is 13.5. The molecule has 0 fully saturated rings. The largest absolute Gasteiger partial charge is 0.344 e. The van der Waals surface area contributed by atoms with E-state index in [1.165, 1.54) is 23.5 Å². The lowest BCUT2D eigenvalue weighted by Gasteiger charge is -2.08. The van der Waals surface area contributed by atoms with Gasteiger partial charge in [-0.25, -0.2) is 9.37 Å². The molecule has 0 saturated heterocycles. The number of thiazole rings is 1. The molecule has 3 aromatic rings. The molecular formula is C15H14FN3OS. The fraction of sp³-hybridized carbons (Fsp3) is 0.200. The van der Waals surface area contributed by atoms with Crippen molar-refractivity contribution in [3.63, 3.8) is 0 Å². The molecular weight excluding hydrogens is 289 g/mol. The van der Waals surface area contributed by atoms with Gasteiger partial charge in [0.05, 0.1) is 11.1 Å². The zero-order valence-corrected chi connectivity index (χ0v) is 12.4. The molecule has 4 nitrogen and oxygen atoms in total. The van der Waals surface area contributed by atoms with E-state index in [4.69, 9.17) is 0 Å². The first-order chi connectivity index (χ1) is 10.1. The molecule has 2 heterocycles. The second-order valence-electron chi connectivity index (χ2n) is 5.00. The number of hydrogen-bond acceptors (Lipinski definition) is 3. The fourth-order valence-corrected chi connectivity index (χ4v) is 2.81. The summed E-state index contributed by atoms with van der Waals surface area (Å²) in [6, 6.07) is 4.60. The molecule has 0 unspecified atom stereocenters. The van der Waals surface area contributed by atoms with Crippen LogP contribution >= 0.6 is 11.3 Å². The first kappa shape index (κ1) is 13.8. The highest BCUT2D eigenvalue weighted by atomic mass is 32.1. The van der Waals surface area contributed by atoms with E-state index in [-0.39, 0.29) is 17.8 Å². The second-order valence-corrected chi connectivity index (χ2v) is 5.89. The van der Waals surface area contributed by atoms with Crippen LogP contribution in [0, 0.1) is 5.82 Å². The highest BCUT2D eigenvalue weighted by Gasteiger charge is 2.17. The average molecular weight is 303 g/mol. The van der Waals surface area contributed by atoms with Crippen LogP contribution < -0.4 is 5.32 Å². The Hall–Kier alpha value is -2.21. The number of nitrogens with zero attached hydrogens (tertiary/aromatic N) is 2. The van der Waals surface area contributed by atoms with Crippen LogP contribution in [-0.2, 0) is 0 Å². The Labute approximate surface area is 125 Å². The van der Waals surface area contributed by atoms with Gasteiger partial charge in [0.2, 0.25) is 0 Å². The Bertz CT molecular complexity index is 793. The number of carbonyl (C=O) groups is 1. The predicted octanol–water partition coefficient (Wildman–Crippen LogP) is 4.07. The minimum Gasteiger partial charge on any atom is -0.344 e. The molecule has 0 spiro atoms. The topological polar surface area (TPSA) is 46.9 Å². The summed E-state index contributed by atoms with van der Waals surface area (Å²) in [5.41, 5.74) is 1.24. The summed E-state index contributed by atoms with van der Waals surface area (Å²) < 4.78 is 15.4. The Morgan fingerprint density at radius 2 is 2.24 bits per heavy atom. The monoisotopic (exact) mass is 303 g/mol. The maximum Gasteiger partial charge on any atom is 0.259 e. The SMILES string of the molecule is CC(C)n1cc(C(=O)Nc2nccs2)c2ccc(F)cc21. The Morgan fingerprint density at radius 1 is 1.43 bits per heavy atom. The number of benzene rings is 1. The van der Waals surface area contributed by atoms with Gasteiger partial charge in [0.1, 0.15) is 5.82 Å². The van der Waals surface area contributed by atoms with Crippen molar-refractivity contribution < 1.29 is 9.18 Å². The summed E-state index contributed by atoms with van der Waals surface area (Å²) in [5.74, 6) is -0.546. The van der Waals surface area contributed by atoms with Crippen LogP contribution in [0.15, 0.2) is 36.0 Å². The predicted molar refractivity (Wildman–Crippen MR) is 82.3 cm³/mol. The van der Waals surface area contributed by atoms with Gasteiger partial charge in [0.15, 0.2) is 5.13 Å². The second kappa shape index (κ2) is 5.29. The number of amides is 1. The zero-order chi connectivity index (χ0) is 15.0. The third kappa shape index (κ3) is 2.54. The molecule has 2 aromatic heterocycles. The number of aromatic nitrogens is 2. The van der Waals surface area contributed by atoms with Crippen molar-refractivity contribution in [1.29, 1.82) is 0 Å². The summed E-state index contributed by atoms with van der Waals surface area (Å²) in [7, 11) is 0. The van der Waals surface area contributed by atoms with E-state index >= 15 is 0 Å². The van der Waals surface area contributed by atoms with Crippen molar-refractivity contribution in [3.05, 3.63) is 47.4 Å². The molecule has 0 aliphatic rings. The van der Waals surface area contributed by atoms with Crippen LogP contribution in [0.5, 0.6) is 0 Å². The Balaban J connectivity index is 2.08. The van der Waals surface area contributed by atoms with Gasteiger partial charge in [0.25, 0.3) is 5.91 Å². The van der Waals surface area contributed by atoms with Gasteiger partial charge in [0, 0.05) is 29.2 Å². The van der Waals surface area contributed by atoms with Crippen LogP contribution in [0.3, 0.4) is 0 Å². The quantitative estimate of drug-likeness (QED) is 0.793. The third-order valence-corrected chi connectivity index (χ3v) is 3.94. The van der Waals surface area contributed by atoms with Crippen molar-refractivity contribution in [1.82, 2.24) is 9.55 Å². The van der Waals surface area contributed by atoms with Crippen LogP contribution in [0.1, 0.15) is 30.2 Å². The lowest BCUT2D eigenvalue weighted by atomic mass is 10.1. The smallest absolute Gasteiger partial charge is 0.259 e. The number of fused-ring (bicyclic) bond motifs is 1. The van der Waals surface area contributed by atoms with Gasteiger partial charge < -0.3 is 4.57 Å². The summed E-state index contributed by atoms with van der Waals surface area (Å²) >= 11 is 1.36. The molecule has 1 aromatic carbocycles. The summed E-state index contributed by atoms with van der Waals surface area (Å²) in [6.07, 6.45) is 3.39. The van der Waals surface area contributed by atoms with Gasteiger partial charge in [-0.05, 0) is 32.0 Å². The molecule has 6 heteroatoms. The van der Waals surface area contributed by atoms with Crippen molar-refractivity contribution in [2.45, 2.75) is 19.9 Å². The molecule has 0 aliphatic heterocycles. The lowest BCUT2D eigenvalue weighted by molar-refractivity contribution is 0.102. The molecule has 1 N–H and O–H groups in total. The van der Waals surface area contributed by atoms with E-state index in [1.807, 2.05) is 18.4 Å². The number of halogens is 1. The van der Waals surface area contributed by atoms with Gasteiger partial charge in [-0.1, -0.05) is 0 Å². The van der Waals surface area contributed by atoms with E-state index in [0.717, 1.165) is 5.39 Å². The Kier molecular flexibility index (Phi) is 3.47. The lowest BCUT2D eigenvalue weighted by Crippen LogP contribution is -2.11. The van der Waals surface area contributed by atoms with E-state index < -0.39 is 0 Å². The molecule has 0 aliphatic carbocycles. The van der Waals surface area contributed by atoms with Crippen LogP contribution in [-0.4, -0.2) is 15.5 Å². The molecule has 1 amide bonds. The maximum absolute atomic E-state index is 13.5. The number of nitrogens with one attached hydrogen (secondary N) is 1. The number of rotatable bonds is 3. The minimum atomic E-state index is -0.311. The van der Waals surface area contributed by atoms with E-state index in [1.54, 1.807) is 23.8 Å². The van der Waals surface area contributed by atoms with Gasteiger partial charge in [-0.2, -0.15) is 0 Å². The van der Waals surface area contributed by atoms with Crippen molar-refractivity contribution in [2.24, 2.45) is 0 Å². The van der Waals surface area contributed by atoms with E-state index in [0.29, 0.717) is 16.2 Å². The molecule has 21 heavy (non-hydrogen) atoms. The first-order valence-corrected chi connectivity index (χ1v) is 7.45. The molecule has 3 rings (SSSR count). The highest BCUT2D eigenvalue weighted by molar-refractivity contribution is 7.13. The van der Waals surface area contributed by atoms with E-state index in [2.05, 4.69) is 10.3 Å². The summed E-state index contributed by atoms with van der Waals surface area (Å²) in [4.78, 5) is 16.4. The average Bonchev–Trinajstić information content (AvgIpc) is 3.05. The van der Waals surface area contributed by atoms with Gasteiger partial charge in [-0.15, -0.1) is 11.3 Å². The van der Waals surface area contributed by atoms with Crippen LogP contribution in [0.25, 0.3) is 10.9 Å². The normalized spacial score (nSPS) is 11.2. The third-order valence-electron chi connectivity index (χ3n) is 3.25. The Morgan fingerprint density at radius 3 is 2.90 bits per heavy atom. The fourth-order valence-electron chi connectivity index (χ4n) is 2.28. The van der Waals surface area contributed by atoms with Crippen molar-refractivity contribution in [3.8, 4) is 0 Å². The highest BCUT2D eigenvalue weighted by Crippen LogP contribution is 2.26. The van der Waals surface area contributed by atoms with Gasteiger partial charge in [-0.3, -0.25) is 10.1 Å². The van der Waals surface area contributed by atoms with Crippen LogP contribution in [0.4, 0.5) is 9.52 Å². The zero-order valence-electron chi connectivity index (χ0n) is 11.6. The van der Waals surface area contributed by atoms with Crippen LogP contribution in [0.2, 0.25) is 0 Å². The molecule has 0 radical (unpaired) electrons. The number of hydrogen-bond donors (Lipinski definition) is 1. The standard InChI is InChI=1S/C15H14FN3OS/c1-9(2)19-8-12(11-4-3-10(16)7-13(11)19)14(20)18-15-17-5-6-21-15/h3-9H,1-2H3,(H,17,18,20).